The Morgan fingerprint density at radius 1 is 1.83 bits per heavy atom. The fourth-order valence-corrected chi connectivity index (χ4v) is 1.31. The predicted octanol–water partition coefficient (Wildman–Crippen LogP) is 1.54. The van der Waals surface area contributed by atoms with Crippen molar-refractivity contribution < 1.29 is 9.53 Å². The average molecular weight is 233 g/mol. The molecule has 0 aliphatic heterocycles. The molecule has 1 rings (SSSR count). The maximum absolute atomic E-state index is 11.2. The van der Waals surface area contributed by atoms with E-state index in [4.69, 9.17) is 10.5 Å². The van der Waals surface area contributed by atoms with Gasteiger partial charge in [0.25, 0.3) is 0 Å². The molecule has 0 aromatic carbocycles. The van der Waals surface area contributed by atoms with Gasteiger partial charge in [-0.15, -0.1) is 0 Å². The van der Waals surface area contributed by atoms with Crippen LogP contribution in [0.1, 0.15) is 17.3 Å². The fraction of sp³-hybridized carbons (Fsp3) is 0.286. The van der Waals surface area contributed by atoms with Crippen molar-refractivity contribution in [3.63, 3.8) is 0 Å². The number of nitrogens with one attached hydrogen (secondary N) is 1. The molecule has 0 atom stereocenters. The van der Waals surface area contributed by atoms with Crippen LogP contribution >= 0.6 is 15.9 Å². The zero-order valence-electron chi connectivity index (χ0n) is 6.56. The first-order valence-electron chi connectivity index (χ1n) is 3.46. The van der Waals surface area contributed by atoms with Crippen molar-refractivity contribution in [1.82, 2.24) is 4.98 Å². The van der Waals surface area contributed by atoms with Crippen LogP contribution in [0.3, 0.4) is 0 Å². The van der Waals surface area contributed by atoms with Gasteiger partial charge in [0.05, 0.1) is 11.1 Å². The van der Waals surface area contributed by atoms with Gasteiger partial charge in [-0.2, -0.15) is 0 Å². The molecule has 3 N–H and O–H groups in total. The number of esters is 1. The van der Waals surface area contributed by atoms with Gasteiger partial charge >= 0.3 is 5.97 Å². The molecule has 0 fully saturated rings. The van der Waals surface area contributed by atoms with Crippen LogP contribution in [0.15, 0.2) is 10.7 Å². The lowest BCUT2D eigenvalue weighted by Gasteiger charge is -2.00. The molecule has 0 bridgehead atoms. The van der Waals surface area contributed by atoms with Crippen molar-refractivity contribution in [2.75, 3.05) is 12.3 Å². The smallest absolute Gasteiger partial charge is 0.343 e. The van der Waals surface area contributed by atoms with Crippen molar-refractivity contribution in [2.24, 2.45) is 0 Å². The SMILES string of the molecule is CCOC(=O)c1c(Br)c[nH]c1N. The first-order valence-corrected chi connectivity index (χ1v) is 4.25. The number of hydrogen-bond acceptors (Lipinski definition) is 3. The van der Waals surface area contributed by atoms with Crippen LogP contribution in [-0.2, 0) is 4.74 Å². The van der Waals surface area contributed by atoms with Gasteiger partial charge in [-0.25, -0.2) is 4.79 Å². The van der Waals surface area contributed by atoms with E-state index in [1.165, 1.54) is 0 Å². The molecule has 0 unspecified atom stereocenters. The van der Waals surface area contributed by atoms with Crippen molar-refractivity contribution in [2.45, 2.75) is 6.92 Å². The maximum atomic E-state index is 11.2. The summed E-state index contributed by atoms with van der Waals surface area (Å²) in [6, 6.07) is 0. The molecule has 0 saturated heterocycles. The standard InChI is InChI=1S/C7H9BrN2O2/c1-2-12-7(11)5-4(8)3-10-6(5)9/h3,10H,2,9H2,1H3. The van der Waals surface area contributed by atoms with Crippen molar-refractivity contribution in [3.05, 3.63) is 16.2 Å². The highest BCUT2D eigenvalue weighted by Gasteiger charge is 2.15. The van der Waals surface area contributed by atoms with Crippen LogP contribution in [-0.4, -0.2) is 17.6 Å². The number of ether oxygens (including phenoxy) is 1. The van der Waals surface area contributed by atoms with Crippen molar-refractivity contribution in [1.29, 1.82) is 0 Å². The van der Waals surface area contributed by atoms with E-state index in [9.17, 15) is 4.79 Å². The summed E-state index contributed by atoms with van der Waals surface area (Å²) in [7, 11) is 0. The molecule has 1 aromatic heterocycles. The van der Waals surface area contributed by atoms with Crippen LogP contribution in [0.2, 0.25) is 0 Å². The van der Waals surface area contributed by atoms with Gasteiger partial charge in [-0.1, -0.05) is 0 Å². The summed E-state index contributed by atoms with van der Waals surface area (Å²) >= 11 is 3.18. The number of halogens is 1. The third kappa shape index (κ3) is 1.61. The lowest BCUT2D eigenvalue weighted by atomic mass is 10.3. The van der Waals surface area contributed by atoms with Crippen LogP contribution in [0.5, 0.6) is 0 Å². The number of nitrogen functional groups attached to an aromatic ring is 1. The highest BCUT2D eigenvalue weighted by Crippen LogP contribution is 2.22. The van der Waals surface area contributed by atoms with E-state index in [1.54, 1.807) is 13.1 Å². The zero-order chi connectivity index (χ0) is 9.14. The highest BCUT2D eigenvalue weighted by molar-refractivity contribution is 9.10. The molecule has 0 aliphatic carbocycles. The molecule has 0 amide bonds. The van der Waals surface area contributed by atoms with Gasteiger partial charge in [0.2, 0.25) is 0 Å². The quantitative estimate of drug-likeness (QED) is 0.761. The molecule has 1 aromatic rings. The molecule has 0 spiro atoms. The van der Waals surface area contributed by atoms with Crippen molar-refractivity contribution in [3.8, 4) is 0 Å². The minimum Gasteiger partial charge on any atom is -0.462 e. The Kier molecular flexibility index (Phi) is 2.75. The first kappa shape index (κ1) is 9.12. The monoisotopic (exact) mass is 232 g/mol. The van der Waals surface area contributed by atoms with Crippen LogP contribution < -0.4 is 5.73 Å². The molecule has 0 aliphatic rings. The van der Waals surface area contributed by atoms with Gasteiger partial charge in [0, 0.05) is 6.20 Å². The summed E-state index contributed by atoms with van der Waals surface area (Å²) < 4.78 is 5.40. The van der Waals surface area contributed by atoms with Gasteiger partial charge in [-0.05, 0) is 22.9 Å². The Labute approximate surface area is 78.2 Å². The Morgan fingerprint density at radius 2 is 2.50 bits per heavy atom. The first-order chi connectivity index (χ1) is 5.66. The minimum atomic E-state index is -0.414. The van der Waals surface area contributed by atoms with E-state index in [0.29, 0.717) is 22.5 Å². The van der Waals surface area contributed by atoms with E-state index in [2.05, 4.69) is 20.9 Å². The Morgan fingerprint density at radius 3 is 2.92 bits per heavy atom. The lowest BCUT2D eigenvalue weighted by Crippen LogP contribution is -2.06. The summed E-state index contributed by atoms with van der Waals surface area (Å²) in [6.07, 6.45) is 1.60. The predicted molar refractivity (Wildman–Crippen MR) is 48.9 cm³/mol. The van der Waals surface area contributed by atoms with Gasteiger partial charge < -0.3 is 15.5 Å². The lowest BCUT2D eigenvalue weighted by molar-refractivity contribution is 0.0527. The second-order valence-electron chi connectivity index (χ2n) is 2.15. The number of nitrogens with two attached hydrogens (primary N) is 1. The number of aromatic amines is 1. The number of anilines is 1. The third-order valence-electron chi connectivity index (χ3n) is 1.34. The molecule has 1 heterocycles. The van der Waals surface area contributed by atoms with E-state index >= 15 is 0 Å². The largest absolute Gasteiger partial charge is 0.462 e. The topological polar surface area (TPSA) is 68.1 Å². The summed E-state index contributed by atoms with van der Waals surface area (Å²) in [4.78, 5) is 13.9. The molecule has 0 saturated carbocycles. The average Bonchev–Trinajstić information content (AvgIpc) is 2.32. The molecular weight excluding hydrogens is 224 g/mol. The van der Waals surface area contributed by atoms with Crippen LogP contribution in [0, 0.1) is 0 Å². The molecule has 0 radical (unpaired) electrons. The normalized spacial score (nSPS) is 9.83. The number of carbonyl (C=O) groups excluding carboxylic acids is 1. The second-order valence-corrected chi connectivity index (χ2v) is 3.00. The minimum absolute atomic E-state index is 0.320. The summed E-state index contributed by atoms with van der Waals surface area (Å²) in [5, 5.41) is 0. The highest BCUT2D eigenvalue weighted by atomic mass is 79.9. The Bertz CT molecular complexity index is 276. The molecular formula is C7H9BrN2O2. The fourth-order valence-electron chi connectivity index (χ4n) is 0.825. The summed E-state index contributed by atoms with van der Waals surface area (Å²) in [6.45, 7) is 2.09. The van der Waals surface area contributed by atoms with Crippen LogP contribution in [0.25, 0.3) is 0 Å². The molecule has 66 valence electrons. The molecule has 5 heteroatoms. The van der Waals surface area contributed by atoms with Gasteiger partial charge in [0.15, 0.2) is 0 Å². The molecule has 4 nitrogen and oxygen atoms in total. The number of carbonyl (C=O) groups is 1. The Hall–Kier alpha value is -0.970. The maximum Gasteiger partial charge on any atom is 0.343 e. The summed E-state index contributed by atoms with van der Waals surface area (Å²) in [5.74, 6) is -0.0940. The Balaban J connectivity index is 2.93. The third-order valence-corrected chi connectivity index (χ3v) is 1.97. The van der Waals surface area contributed by atoms with E-state index < -0.39 is 5.97 Å². The van der Waals surface area contributed by atoms with Crippen molar-refractivity contribution >= 4 is 27.7 Å². The second kappa shape index (κ2) is 3.62. The number of hydrogen-bond donors (Lipinski definition) is 2. The number of H-pyrrole nitrogens is 1. The summed E-state index contributed by atoms with van der Waals surface area (Å²) in [5.41, 5.74) is 5.84. The molecule has 12 heavy (non-hydrogen) atoms. The van der Waals surface area contributed by atoms with Gasteiger partial charge in [0.1, 0.15) is 11.4 Å². The van der Waals surface area contributed by atoms with E-state index in [1.807, 2.05) is 0 Å². The number of rotatable bonds is 2. The van der Waals surface area contributed by atoms with Gasteiger partial charge in [-0.3, -0.25) is 0 Å². The van der Waals surface area contributed by atoms with Crippen LogP contribution in [0.4, 0.5) is 5.82 Å². The zero-order valence-corrected chi connectivity index (χ0v) is 8.14. The number of aromatic nitrogens is 1. The van der Waals surface area contributed by atoms with E-state index in [0.717, 1.165) is 0 Å². The van der Waals surface area contributed by atoms with E-state index in [-0.39, 0.29) is 0 Å².